The zero-order valence-electron chi connectivity index (χ0n) is 8.39. The molecule has 0 saturated heterocycles. The summed E-state index contributed by atoms with van der Waals surface area (Å²) in [6, 6.07) is 0.523. The summed E-state index contributed by atoms with van der Waals surface area (Å²) in [4.78, 5) is 2.48. The van der Waals surface area contributed by atoms with Gasteiger partial charge in [0.15, 0.2) is 11.6 Å². The highest BCUT2D eigenvalue weighted by molar-refractivity contribution is 5.38. The van der Waals surface area contributed by atoms with Crippen LogP contribution in [0.1, 0.15) is 11.6 Å². The van der Waals surface area contributed by atoms with Gasteiger partial charge in [-0.1, -0.05) is 5.11 Å². The third-order valence-corrected chi connectivity index (χ3v) is 1.96. The van der Waals surface area contributed by atoms with Gasteiger partial charge in [-0.3, -0.25) is 0 Å². The molecule has 0 heterocycles. The van der Waals surface area contributed by atoms with Crippen LogP contribution in [0.15, 0.2) is 17.2 Å². The number of aliphatic hydroxyl groups is 1. The van der Waals surface area contributed by atoms with Crippen molar-refractivity contribution >= 4 is 0 Å². The van der Waals surface area contributed by atoms with Gasteiger partial charge in [0.05, 0.1) is 19.8 Å². The molecule has 1 atom stereocenters. The number of rotatable bonds is 4. The summed E-state index contributed by atoms with van der Waals surface area (Å²) in [7, 11) is 1.20. The molecular formula is C9H9F2N3O2. The molecule has 0 aromatic heterocycles. The van der Waals surface area contributed by atoms with Gasteiger partial charge in [0.2, 0.25) is 0 Å². The summed E-state index contributed by atoms with van der Waals surface area (Å²) >= 11 is 0. The van der Waals surface area contributed by atoms with E-state index in [0.717, 1.165) is 6.07 Å². The molecule has 5 nitrogen and oxygen atoms in total. The average Bonchev–Trinajstić information content (AvgIpc) is 2.25. The quantitative estimate of drug-likeness (QED) is 0.488. The fourth-order valence-corrected chi connectivity index (χ4v) is 1.30. The number of hydrogen-bond acceptors (Lipinski definition) is 3. The van der Waals surface area contributed by atoms with Gasteiger partial charge in [0, 0.05) is 16.5 Å². The van der Waals surface area contributed by atoms with Gasteiger partial charge in [0.1, 0.15) is 5.82 Å². The fourth-order valence-electron chi connectivity index (χ4n) is 1.30. The smallest absolute Gasteiger partial charge is 0.168 e. The number of hydrogen-bond donors (Lipinski definition) is 1. The lowest BCUT2D eigenvalue weighted by Crippen LogP contribution is -2.05. The second-order valence-corrected chi connectivity index (χ2v) is 2.91. The Hall–Kier alpha value is -1.85. The molecule has 0 spiro atoms. The van der Waals surface area contributed by atoms with E-state index in [1.54, 1.807) is 0 Å². The van der Waals surface area contributed by atoms with Crippen molar-refractivity contribution < 1.29 is 18.6 Å². The Kier molecular flexibility index (Phi) is 4.04. The molecule has 0 saturated carbocycles. The van der Waals surface area contributed by atoms with E-state index in [0.29, 0.717) is 6.07 Å². The first-order valence-electron chi connectivity index (χ1n) is 4.32. The first-order chi connectivity index (χ1) is 7.63. The molecule has 0 aliphatic rings. The summed E-state index contributed by atoms with van der Waals surface area (Å²) in [6.07, 6.45) is 0. The normalized spacial score (nSPS) is 11.8. The predicted molar refractivity (Wildman–Crippen MR) is 51.9 cm³/mol. The summed E-state index contributed by atoms with van der Waals surface area (Å²) in [5.41, 5.74) is 8.22. The molecule has 7 heteroatoms. The van der Waals surface area contributed by atoms with Crippen molar-refractivity contribution in [2.24, 2.45) is 5.11 Å². The van der Waals surface area contributed by atoms with Crippen LogP contribution in [-0.2, 0) is 0 Å². The van der Waals surface area contributed by atoms with Gasteiger partial charge in [-0.15, -0.1) is 0 Å². The summed E-state index contributed by atoms with van der Waals surface area (Å²) < 4.78 is 31.0. The third kappa shape index (κ3) is 2.39. The lowest BCUT2D eigenvalue weighted by atomic mass is 10.1. The van der Waals surface area contributed by atoms with E-state index in [4.69, 9.17) is 15.4 Å². The van der Waals surface area contributed by atoms with Gasteiger partial charge < -0.3 is 9.84 Å². The summed E-state index contributed by atoms with van der Waals surface area (Å²) in [5, 5.41) is 12.2. The molecule has 86 valence electrons. The van der Waals surface area contributed by atoms with E-state index in [2.05, 4.69) is 10.0 Å². The van der Waals surface area contributed by atoms with Gasteiger partial charge >= 0.3 is 0 Å². The Labute approximate surface area is 89.9 Å². The van der Waals surface area contributed by atoms with Crippen LogP contribution in [0.25, 0.3) is 10.4 Å². The largest absolute Gasteiger partial charge is 0.493 e. The van der Waals surface area contributed by atoms with Gasteiger partial charge in [-0.25, -0.2) is 8.78 Å². The lowest BCUT2D eigenvalue weighted by molar-refractivity contribution is 0.263. The van der Waals surface area contributed by atoms with Gasteiger partial charge in [-0.05, 0) is 11.6 Å². The highest BCUT2D eigenvalue weighted by atomic mass is 19.1. The Bertz CT molecular complexity index is 433. The van der Waals surface area contributed by atoms with Crippen LogP contribution in [0.5, 0.6) is 5.75 Å². The van der Waals surface area contributed by atoms with Crippen LogP contribution < -0.4 is 4.74 Å². The Balaban J connectivity index is 3.34. The van der Waals surface area contributed by atoms with Crippen LogP contribution in [0.4, 0.5) is 8.78 Å². The molecule has 0 bridgehead atoms. The van der Waals surface area contributed by atoms with Crippen molar-refractivity contribution in [2.45, 2.75) is 6.04 Å². The molecule has 1 N–H and O–H groups in total. The molecule has 1 unspecified atom stereocenters. The maximum atomic E-state index is 13.3. The molecule has 0 fully saturated rings. The molecule has 16 heavy (non-hydrogen) atoms. The molecule has 0 aliphatic heterocycles. The number of methoxy groups -OCH3 is 1. The van der Waals surface area contributed by atoms with E-state index in [-0.39, 0.29) is 11.3 Å². The number of ether oxygens (including phenoxy) is 1. The molecular weight excluding hydrogens is 220 g/mol. The fraction of sp³-hybridized carbons (Fsp3) is 0.333. The minimum atomic E-state index is -1.08. The van der Waals surface area contributed by atoms with Crippen LogP contribution in [0.3, 0.4) is 0 Å². The molecule has 0 radical (unpaired) electrons. The third-order valence-electron chi connectivity index (χ3n) is 1.96. The zero-order valence-corrected chi connectivity index (χ0v) is 8.39. The Morgan fingerprint density at radius 3 is 2.75 bits per heavy atom. The van der Waals surface area contributed by atoms with Crippen molar-refractivity contribution in [2.75, 3.05) is 13.7 Å². The van der Waals surface area contributed by atoms with Crippen LogP contribution >= 0.6 is 0 Å². The monoisotopic (exact) mass is 229 g/mol. The number of nitrogens with zero attached hydrogens (tertiary/aromatic N) is 3. The van der Waals surface area contributed by atoms with Crippen molar-refractivity contribution in [1.29, 1.82) is 0 Å². The van der Waals surface area contributed by atoms with Gasteiger partial charge in [-0.2, -0.15) is 0 Å². The Morgan fingerprint density at radius 2 is 2.25 bits per heavy atom. The second kappa shape index (κ2) is 5.29. The number of aliphatic hydroxyl groups excluding tert-OH is 1. The maximum absolute atomic E-state index is 13.3. The highest BCUT2D eigenvalue weighted by Gasteiger charge is 2.18. The van der Waals surface area contributed by atoms with E-state index in [9.17, 15) is 8.78 Å². The molecule has 0 aliphatic carbocycles. The number of benzene rings is 1. The predicted octanol–water partition coefficient (Wildman–Crippen LogP) is 2.32. The molecule has 0 amide bonds. The second-order valence-electron chi connectivity index (χ2n) is 2.91. The van der Waals surface area contributed by atoms with Crippen LogP contribution in [0.2, 0.25) is 0 Å². The SMILES string of the molecule is COc1c(F)cc(F)cc1C(CO)N=[N+]=[N-]. The summed E-state index contributed by atoms with van der Waals surface area (Å²) in [6.45, 7) is -0.566. The first-order valence-corrected chi connectivity index (χ1v) is 4.32. The van der Waals surface area contributed by atoms with E-state index in [1.807, 2.05) is 0 Å². The maximum Gasteiger partial charge on any atom is 0.168 e. The minimum absolute atomic E-state index is 0.0275. The highest BCUT2D eigenvalue weighted by Crippen LogP contribution is 2.31. The number of azide groups is 1. The van der Waals surface area contributed by atoms with E-state index < -0.39 is 24.3 Å². The van der Waals surface area contributed by atoms with E-state index >= 15 is 0 Å². The Morgan fingerprint density at radius 1 is 1.56 bits per heavy atom. The first kappa shape index (κ1) is 12.2. The van der Waals surface area contributed by atoms with Crippen molar-refractivity contribution in [3.63, 3.8) is 0 Å². The topological polar surface area (TPSA) is 78.2 Å². The van der Waals surface area contributed by atoms with E-state index in [1.165, 1.54) is 7.11 Å². The van der Waals surface area contributed by atoms with Crippen LogP contribution in [0, 0.1) is 11.6 Å². The lowest BCUT2D eigenvalue weighted by Gasteiger charge is -2.13. The van der Waals surface area contributed by atoms with Gasteiger partial charge in [0.25, 0.3) is 0 Å². The standard InChI is InChI=1S/C9H9F2N3O2/c1-16-9-6(8(4-15)13-14-12)2-5(10)3-7(9)11/h2-3,8,15H,4H2,1H3. The molecule has 1 rings (SSSR count). The summed E-state index contributed by atoms with van der Waals surface area (Å²) in [5.74, 6) is -1.99. The van der Waals surface area contributed by atoms with Crippen LogP contribution in [-0.4, -0.2) is 18.8 Å². The van der Waals surface area contributed by atoms with Crippen molar-refractivity contribution in [3.8, 4) is 5.75 Å². The average molecular weight is 229 g/mol. The van der Waals surface area contributed by atoms with Crippen molar-refractivity contribution in [1.82, 2.24) is 0 Å². The molecule has 1 aromatic rings. The zero-order chi connectivity index (χ0) is 12.1. The van der Waals surface area contributed by atoms with Crippen molar-refractivity contribution in [3.05, 3.63) is 39.8 Å². The number of halogens is 2. The molecule has 1 aromatic carbocycles. The minimum Gasteiger partial charge on any atom is -0.493 e.